The second-order valence-electron chi connectivity index (χ2n) is 7.65. The van der Waals surface area contributed by atoms with Crippen molar-refractivity contribution in [2.45, 2.75) is 37.3 Å². The van der Waals surface area contributed by atoms with Crippen molar-refractivity contribution in [1.82, 2.24) is 15.6 Å². The van der Waals surface area contributed by atoms with Crippen LogP contribution in [0, 0.1) is 6.92 Å². The lowest BCUT2D eigenvalue weighted by molar-refractivity contribution is -0.141. The number of pyridine rings is 1. The number of ether oxygens (including phenoxy) is 1. The van der Waals surface area contributed by atoms with Crippen LogP contribution < -0.4 is 15.4 Å². The van der Waals surface area contributed by atoms with Gasteiger partial charge < -0.3 is 15.4 Å². The number of carbonyl (C=O) groups is 2. The van der Waals surface area contributed by atoms with Crippen molar-refractivity contribution in [3.8, 4) is 5.75 Å². The Morgan fingerprint density at radius 2 is 1.82 bits per heavy atom. The van der Waals surface area contributed by atoms with E-state index in [9.17, 15) is 9.59 Å². The van der Waals surface area contributed by atoms with E-state index in [1.165, 1.54) is 0 Å². The van der Waals surface area contributed by atoms with Gasteiger partial charge in [0, 0.05) is 29.5 Å². The molecule has 2 amide bonds. The summed E-state index contributed by atoms with van der Waals surface area (Å²) in [6.07, 6.45) is 5.42. The highest BCUT2D eigenvalue weighted by Crippen LogP contribution is 2.60. The van der Waals surface area contributed by atoms with Gasteiger partial charge in [-0.05, 0) is 49.9 Å². The van der Waals surface area contributed by atoms with Crippen LogP contribution in [0.2, 0.25) is 10.0 Å². The van der Waals surface area contributed by atoms with Gasteiger partial charge in [0.1, 0.15) is 5.75 Å². The fraction of sp³-hybridized carbons (Fsp3) is 0.350. The van der Waals surface area contributed by atoms with Crippen LogP contribution in [-0.4, -0.2) is 34.5 Å². The molecule has 0 spiro atoms. The first-order chi connectivity index (χ1) is 13.3. The van der Waals surface area contributed by atoms with Gasteiger partial charge in [0.05, 0.1) is 15.6 Å². The van der Waals surface area contributed by atoms with Crippen molar-refractivity contribution in [1.29, 1.82) is 0 Å². The Bertz CT molecular complexity index is 944. The lowest BCUT2D eigenvalue weighted by atomic mass is 9.44. The number of hydrogen-bond donors (Lipinski definition) is 2. The molecule has 146 valence electrons. The zero-order valence-corrected chi connectivity index (χ0v) is 16.7. The average Bonchev–Trinajstić information content (AvgIpc) is 2.60. The summed E-state index contributed by atoms with van der Waals surface area (Å²) in [4.78, 5) is 28.7. The van der Waals surface area contributed by atoms with Gasteiger partial charge in [0.25, 0.3) is 11.8 Å². The topological polar surface area (TPSA) is 80.3 Å². The number of carbonyl (C=O) groups excluding carboxylic acids is 2. The minimum Gasteiger partial charge on any atom is -0.484 e. The van der Waals surface area contributed by atoms with Crippen molar-refractivity contribution >= 4 is 35.0 Å². The predicted octanol–water partition coefficient (Wildman–Crippen LogP) is 3.30. The molecule has 3 aliphatic rings. The quantitative estimate of drug-likeness (QED) is 0.752. The highest BCUT2D eigenvalue weighted by molar-refractivity contribution is 6.42. The van der Waals surface area contributed by atoms with Crippen molar-refractivity contribution in [3.63, 3.8) is 0 Å². The average molecular weight is 420 g/mol. The number of amides is 2. The standard InChI is InChI=1S/C20H19Cl2N3O3/c1-12-4-5-23-7-14(12)18(27)25-20-9-19(10-20,11-20)24-17(26)8-28-13-2-3-15(21)16(22)6-13/h2-7H,8-11H2,1H3,(H,24,26)(H,25,27). The summed E-state index contributed by atoms with van der Waals surface area (Å²) in [7, 11) is 0. The third kappa shape index (κ3) is 3.54. The van der Waals surface area contributed by atoms with Crippen LogP contribution in [0.25, 0.3) is 0 Å². The second kappa shape index (κ2) is 6.94. The zero-order valence-electron chi connectivity index (χ0n) is 15.2. The van der Waals surface area contributed by atoms with Crippen molar-refractivity contribution < 1.29 is 14.3 Å². The summed E-state index contributed by atoms with van der Waals surface area (Å²) in [6.45, 7) is 1.78. The first-order valence-corrected chi connectivity index (χ1v) is 9.67. The zero-order chi connectivity index (χ0) is 19.9. The molecule has 1 heterocycles. The molecule has 0 aliphatic heterocycles. The van der Waals surface area contributed by atoms with Crippen LogP contribution in [0.3, 0.4) is 0 Å². The molecule has 0 radical (unpaired) electrons. The number of benzene rings is 1. The Labute approximate surface area is 172 Å². The lowest BCUT2D eigenvalue weighted by Gasteiger charge is -2.70. The summed E-state index contributed by atoms with van der Waals surface area (Å²) < 4.78 is 5.46. The number of halogens is 2. The maximum Gasteiger partial charge on any atom is 0.258 e. The summed E-state index contributed by atoms with van der Waals surface area (Å²) in [5, 5.41) is 6.92. The molecule has 1 aromatic heterocycles. The second-order valence-corrected chi connectivity index (χ2v) is 8.46. The van der Waals surface area contributed by atoms with Crippen LogP contribution in [0.4, 0.5) is 0 Å². The van der Waals surface area contributed by atoms with E-state index in [1.807, 2.05) is 13.0 Å². The van der Waals surface area contributed by atoms with Gasteiger partial charge >= 0.3 is 0 Å². The Kier molecular flexibility index (Phi) is 4.71. The normalized spacial score (nSPS) is 24.5. The number of nitrogens with one attached hydrogen (secondary N) is 2. The van der Waals surface area contributed by atoms with E-state index < -0.39 is 0 Å². The maximum atomic E-state index is 12.5. The van der Waals surface area contributed by atoms with E-state index in [0.29, 0.717) is 21.4 Å². The van der Waals surface area contributed by atoms with E-state index in [2.05, 4.69) is 15.6 Å². The Balaban J connectivity index is 1.25. The Morgan fingerprint density at radius 3 is 2.50 bits per heavy atom. The highest BCUT2D eigenvalue weighted by Gasteiger charge is 2.69. The molecule has 6 nitrogen and oxygen atoms in total. The van der Waals surface area contributed by atoms with Crippen LogP contribution in [0.1, 0.15) is 35.2 Å². The third-order valence-electron chi connectivity index (χ3n) is 5.36. The van der Waals surface area contributed by atoms with Crippen LogP contribution >= 0.6 is 23.2 Å². The summed E-state index contributed by atoms with van der Waals surface area (Å²) >= 11 is 11.8. The SMILES string of the molecule is Cc1ccncc1C(=O)NC12CC(NC(=O)COc3ccc(Cl)c(Cl)c3)(C1)C2. The first kappa shape index (κ1) is 19.0. The van der Waals surface area contributed by atoms with Gasteiger partial charge in [-0.2, -0.15) is 0 Å². The molecule has 2 N–H and O–H groups in total. The molecule has 5 rings (SSSR count). The number of aryl methyl sites for hydroxylation is 1. The molecule has 8 heteroatoms. The van der Waals surface area contributed by atoms with E-state index in [-0.39, 0.29) is 29.5 Å². The van der Waals surface area contributed by atoms with E-state index in [0.717, 1.165) is 24.8 Å². The van der Waals surface area contributed by atoms with Gasteiger partial charge in [-0.25, -0.2) is 0 Å². The number of aromatic nitrogens is 1. The van der Waals surface area contributed by atoms with Gasteiger partial charge in [0.15, 0.2) is 6.61 Å². The summed E-state index contributed by atoms with van der Waals surface area (Å²) in [6, 6.07) is 6.66. The smallest absolute Gasteiger partial charge is 0.258 e. The van der Waals surface area contributed by atoms with Gasteiger partial charge in [-0.15, -0.1) is 0 Å². The first-order valence-electron chi connectivity index (χ1n) is 8.92. The summed E-state index contributed by atoms with van der Waals surface area (Å²) in [5.74, 6) is 0.166. The van der Waals surface area contributed by atoms with E-state index >= 15 is 0 Å². The monoisotopic (exact) mass is 419 g/mol. The molecule has 0 unspecified atom stereocenters. The molecule has 0 atom stereocenters. The van der Waals surface area contributed by atoms with Crippen molar-refractivity contribution in [2.75, 3.05) is 6.61 Å². The fourth-order valence-electron chi connectivity index (χ4n) is 4.11. The molecule has 2 aromatic rings. The lowest BCUT2D eigenvalue weighted by Crippen LogP contribution is -2.84. The molecule has 3 aliphatic carbocycles. The Hall–Kier alpha value is -2.31. The minimum atomic E-state index is -0.241. The van der Waals surface area contributed by atoms with Crippen LogP contribution in [-0.2, 0) is 4.79 Å². The van der Waals surface area contributed by atoms with Gasteiger partial charge in [0.2, 0.25) is 0 Å². The molecule has 1 aromatic carbocycles. The molecular weight excluding hydrogens is 401 g/mol. The number of nitrogens with zero attached hydrogens (tertiary/aromatic N) is 1. The van der Waals surface area contributed by atoms with Gasteiger partial charge in [-0.3, -0.25) is 14.6 Å². The molecule has 0 saturated heterocycles. The van der Waals surface area contributed by atoms with E-state index in [4.69, 9.17) is 27.9 Å². The van der Waals surface area contributed by atoms with Crippen molar-refractivity contribution in [2.24, 2.45) is 0 Å². The third-order valence-corrected chi connectivity index (χ3v) is 6.10. The highest BCUT2D eigenvalue weighted by atomic mass is 35.5. The predicted molar refractivity (Wildman–Crippen MR) is 106 cm³/mol. The van der Waals surface area contributed by atoms with Crippen molar-refractivity contribution in [3.05, 3.63) is 57.8 Å². The molecular formula is C20H19Cl2N3O3. The molecule has 2 bridgehead atoms. The largest absolute Gasteiger partial charge is 0.484 e. The van der Waals surface area contributed by atoms with Crippen LogP contribution in [0.15, 0.2) is 36.7 Å². The molecule has 28 heavy (non-hydrogen) atoms. The number of hydrogen-bond acceptors (Lipinski definition) is 4. The number of rotatable bonds is 6. The van der Waals surface area contributed by atoms with Crippen LogP contribution in [0.5, 0.6) is 5.75 Å². The Morgan fingerprint density at radius 1 is 1.11 bits per heavy atom. The molecule has 3 saturated carbocycles. The van der Waals surface area contributed by atoms with Gasteiger partial charge in [-0.1, -0.05) is 23.2 Å². The molecule has 3 fully saturated rings. The van der Waals surface area contributed by atoms with E-state index in [1.54, 1.807) is 30.6 Å². The minimum absolute atomic E-state index is 0.103. The maximum absolute atomic E-state index is 12.5. The summed E-state index contributed by atoms with van der Waals surface area (Å²) in [5.41, 5.74) is 1.01. The fourth-order valence-corrected chi connectivity index (χ4v) is 4.40.